The normalized spacial score (nSPS) is 20.2. The molecule has 1 aliphatic rings. The van der Waals surface area contributed by atoms with Crippen LogP contribution < -0.4 is 5.32 Å². The Morgan fingerprint density at radius 2 is 2.06 bits per heavy atom. The molecule has 0 bridgehead atoms. The molecule has 0 amide bonds. The van der Waals surface area contributed by atoms with E-state index in [4.69, 9.17) is 4.74 Å². The molecule has 106 valence electrons. The highest BCUT2D eigenvalue weighted by molar-refractivity contribution is 5.79. The van der Waals surface area contributed by atoms with Crippen molar-refractivity contribution in [3.63, 3.8) is 0 Å². The van der Waals surface area contributed by atoms with Crippen molar-refractivity contribution >= 4 is 5.97 Å². The van der Waals surface area contributed by atoms with Gasteiger partial charge in [0.15, 0.2) is 0 Å². The van der Waals surface area contributed by atoms with Gasteiger partial charge in [0, 0.05) is 33.3 Å². The van der Waals surface area contributed by atoms with E-state index in [-0.39, 0.29) is 0 Å². The fraction of sp³-hybridized carbons (Fsp3) is 0.923. The van der Waals surface area contributed by atoms with E-state index in [0.29, 0.717) is 31.9 Å². The second kappa shape index (κ2) is 7.07. The third kappa shape index (κ3) is 4.23. The first-order chi connectivity index (χ1) is 8.50. The largest absolute Gasteiger partial charge is 0.480 e. The van der Waals surface area contributed by atoms with E-state index in [1.54, 1.807) is 7.11 Å². The number of nitrogens with zero attached hydrogens (tertiary/aromatic N) is 1. The third-order valence-corrected chi connectivity index (χ3v) is 3.51. The molecule has 1 rings (SSSR count). The molecule has 2 N–H and O–H groups in total. The van der Waals surface area contributed by atoms with Crippen molar-refractivity contribution < 1.29 is 14.6 Å². The average Bonchev–Trinajstić information content (AvgIpc) is 2.31. The summed E-state index contributed by atoms with van der Waals surface area (Å²) in [6.45, 7) is 8.27. The fourth-order valence-corrected chi connectivity index (χ4v) is 2.49. The second-order valence-corrected chi connectivity index (χ2v) is 5.50. The van der Waals surface area contributed by atoms with Gasteiger partial charge in [0.1, 0.15) is 5.54 Å². The predicted molar refractivity (Wildman–Crippen MR) is 70.8 cm³/mol. The van der Waals surface area contributed by atoms with E-state index in [2.05, 4.69) is 24.1 Å². The second-order valence-electron chi connectivity index (χ2n) is 5.50. The summed E-state index contributed by atoms with van der Waals surface area (Å²) in [5.41, 5.74) is -0.758. The van der Waals surface area contributed by atoms with E-state index >= 15 is 0 Å². The quantitative estimate of drug-likeness (QED) is 0.661. The van der Waals surface area contributed by atoms with E-state index in [0.717, 1.165) is 19.6 Å². The Kier molecular flexibility index (Phi) is 6.05. The Morgan fingerprint density at radius 1 is 1.44 bits per heavy atom. The van der Waals surface area contributed by atoms with Gasteiger partial charge in [0.2, 0.25) is 0 Å². The van der Waals surface area contributed by atoms with E-state index < -0.39 is 11.5 Å². The van der Waals surface area contributed by atoms with Crippen LogP contribution >= 0.6 is 0 Å². The van der Waals surface area contributed by atoms with Crippen LogP contribution in [0.2, 0.25) is 0 Å². The molecular formula is C13H26N2O3. The van der Waals surface area contributed by atoms with Gasteiger partial charge in [-0.2, -0.15) is 0 Å². The number of rotatable bonds is 7. The van der Waals surface area contributed by atoms with Crippen LogP contribution in [0.3, 0.4) is 0 Å². The third-order valence-electron chi connectivity index (χ3n) is 3.51. The molecule has 0 unspecified atom stereocenters. The summed E-state index contributed by atoms with van der Waals surface area (Å²) in [6, 6.07) is 0. The number of ether oxygens (including phenoxy) is 1. The van der Waals surface area contributed by atoms with Gasteiger partial charge in [-0.05, 0) is 18.8 Å². The molecule has 5 nitrogen and oxygen atoms in total. The maximum Gasteiger partial charge on any atom is 0.323 e. The summed E-state index contributed by atoms with van der Waals surface area (Å²) < 4.78 is 4.97. The fourth-order valence-electron chi connectivity index (χ4n) is 2.49. The van der Waals surface area contributed by atoms with Crippen molar-refractivity contribution in [2.24, 2.45) is 5.92 Å². The summed E-state index contributed by atoms with van der Waals surface area (Å²) in [7, 11) is 1.63. The van der Waals surface area contributed by atoms with Crippen LogP contribution in [0.15, 0.2) is 0 Å². The van der Waals surface area contributed by atoms with Gasteiger partial charge in [0.25, 0.3) is 0 Å². The highest BCUT2D eigenvalue weighted by Crippen LogP contribution is 2.23. The lowest BCUT2D eigenvalue weighted by Crippen LogP contribution is -2.59. The Balaban J connectivity index is 2.49. The van der Waals surface area contributed by atoms with E-state index in [9.17, 15) is 9.90 Å². The highest BCUT2D eigenvalue weighted by atomic mass is 16.5. The van der Waals surface area contributed by atoms with Crippen LogP contribution in [-0.2, 0) is 9.53 Å². The van der Waals surface area contributed by atoms with Gasteiger partial charge in [-0.25, -0.2) is 0 Å². The number of hydrogen-bond acceptors (Lipinski definition) is 4. The molecule has 0 aromatic heterocycles. The zero-order valence-corrected chi connectivity index (χ0v) is 11.7. The Morgan fingerprint density at radius 3 is 2.50 bits per heavy atom. The number of carboxylic acid groups (broad SMARTS) is 1. The first-order valence-corrected chi connectivity index (χ1v) is 6.70. The van der Waals surface area contributed by atoms with Crippen LogP contribution in [0.1, 0.15) is 26.7 Å². The van der Waals surface area contributed by atoms with Gasteiger partial charge in [-0.3, -0.25) is 10.1 Å². The lowest BCUT2D eigenvalue weighted by atomic mass is 9.87. The van der Waals surface area contributed by atoms with Crippen LogP contribution in [0, 0.1) is 5.92 Å². The molecule has 1 saturated heterocycles. The smallest absolute Gasteiger partial charge is 0.323 e. The molecule has 5 heteroatoms. The molecule has 0 saturated carbocycles. The van der Waals surface area contributed by atoms with Crippen molar-refractivity contribution in [3.8, 4) is 0 Å². The summed E-state index contributed by atoms with van der Waals surface area (Å²) >= 11 is 0. The van der Waals surface area contributed by atoms with Crippen molar-refractivity contribution in [2.75, 3.05) is 39.9 Å². The molecule has 0 aromatic carbocycles. The van der Waals surface area contributed by atoms with Gasteiger partial charge in [-0.15, -0.1) is 0 Å². The summed E-state index contributed by atoms with van der Waals surface area (Å²) in [4.78, 5) is 13.8. The molecule has 0 atom stereocenters. The molecule has 0 spiro atoms. The molecule has 1 aliphatic heterocycles. The number of hydrogen-bond donors (Lipinski definition) is 2. The number of methoxy groups -OCH3 is 1. The zero-order chi connectivity index (χ0) is 13.6. The van der Waals surface area contributed by atoms with Gasteiger partial charge in [0.05, 0.1) is 6.61 Å². The molecular weight excluding hydrogens is 232 g/mol. The molecule has 0 aliphatic carbocycles. The summed E-state index contributed by atoms with van der Waals surface area (Å²) in [6.07, 6.45) is 1.33. The minimum absolute atomic E-state index is 0.546. The molecule has 0 aromatic rings. The first kappa shape index (κ1) is 15.4. The van der Waals surface area contributed by atoms with E-state index in [1.165, 1.54) is 0 Å². The van der Waals surface area contributed by atoms with Crippen molar-refractivity contribution in [3.05, 3.63) is 0 Å². The van der Waals surface area contributed by atoms with Crippen molar-refractivity contribution in [1.29, 1.82) is 0 Å². The molecule has 18 heavy (non-hydrogen) atoms. The van der Waals surface area contributed by atoms with Gasteiger partial charge >= 0.3 is 5.97 Å². The van der Waals surface area contributed by atoms with Gasteiger partial charge < -0.3 is 14.7 Å². The predicted octanol–water partition coefficient (Wildman–Crippen LogP) is 0.798. The number of likely N-dealkylation sites (tertiary alicyclic amines) is 1. The van der Waals surface area contributed by atoms with Crippen LogP contribution in [0.25, 0.3) is 0 Å². The Labute approximate surface area is 109 Å². The monoisotopic (exact) mass is 258 g/mol. The SMILES string of the molecule is COCCNC1(C(=O)O)CCN(CC(C)C)CC1. The molecule has 0 radical (unpaired) electrons. The zero-order valence-electron chi connectivity index (χ0n) is 11.7. The number of piperidine rings is 1. The van der Waals surface area contributed by atoms with Crippen LogP contribution in [-0.4, -0.2) is 61.4 Å². The Hall–Kier alpha value is -0.650. The number of carboxylic acids is 1. The summed E-state index contributed by atoms with van der Waals surface area (Å²) in [5.74, 6) is -0.105. The maximum absolute atomic E-state index is 11.5. The molecule has 1 fully saturated rings. The molecule has 1 heterocycles. The van der Waals surface area contributed by atoms with Crippen molar-refractivity contribution in [2.45, 2.75) is 32.2 Å². The highest BCUT2D eigenvalue weighted by Gasteiger charge is 2.40. The van der Waals surface area contributed by atoms with Crippen LogP contribution in [0.4, 0.5) is 0 Å². The Bertz CT molecular complexity index is 261. The summed E-state index contributed by atoms with van der Waals surface area (Å²) in [5, 5.41) is 12.6. The van der Waals surface area contributed by atoms with Gasteiger partial charge in [-0.1, -0.05) is 13.8 Å². The van der Waals surface area contributed by atoms with Crippen LogP contribution in [0.5, 0.6) is 0 Å². The number of aliphatic carboxylic acids is 1. The first-order valence-electron chi connectivity index (χ1n) is 6.70. The lowest BCUT2D eigenvalue weighted by molar-refractivity contribution is -0.147. The number of carbonyl (C=O) groups is 1. The average molecular weight is 258 g/mol. The topological polar surface area (TPSA) is 61.8 Å². The van der Waals surface area contributed by atoms with E-state index in [1.807, 2.05) is 0 Å². The number of nitrogens with one attached hydrogen (secondary N) is 1. The standard InChI is InChI=1S/C13H26N2O3/c1-11(2)10-15-7-4-13(5-8-15,12(16)17)14-6-9-18-3/h11,14H,4-10H2,1-3H3,(H,16,17). The maximum atomic E-state index is 11.5. The lowest BCUT2D eigenvalue weighted by Gasteiger charge is -2.40. The van der Waals surface area contributed by atoms with Crippen molar-refractivity contribution in [1.82, 2.24) is 10.2 Å². The minimum Gasteiger partial charge on any atom is -0.480 e. The minimum atomic E-state index is -0.758.